The first-order chi connectivity index (χ1) is 9.74. The van der Waals surface area contributed by atoms with E-state index in [1.165, 1.54) is 0 Å². The number of carbonyl (C=O) groups is 1. The highest BCUT2D eigenvalue weighted by atomic mass is 35.5. The van der Waals surface area contributed by atoms with Crippen LogP contribution in [0.2, 0.25) is 5.02 Å². The summed E-state index contributed by atoms with van der Waals surface area (Å²) in [6.07, 6.45) is 5.59. The van der Waals surface area contributed by atoms with Crippen LogP contribution in [0.1, 0.15) is 23.2 Å². The number of aromatic nitrogens is 1. The summed E-state index contributed by atoms with van der Waals surface area (Å²) in [6.45, 7) is 1.70. The fraction of sp³-hybridized carbons (Fsp3) is 0.250. The Morgan fingerprint density at radius 3 is 2.45 bits per heavy atom. The molecular weight excluding hydrogens is 272 g/mol. The predicted molar refractivity (Wildman–Crippen MR) is 79.8 cm³/mol. The van der Waals surface area contributed by atoms with Crippen molar-refractivity contribution in [3.05, 3.63) is 53.3 Å². The van der Waals surface area contributed by atoms with Gasteiger partial charge in [0, 0.05) is 36.1 Å². The van der Waals surface area contributed by atoms with E-state index in [9.17, 15) is 4.79 Å². The van der Waals surface area contributed by atoms with Crippen molar-refractivity contribution in [3.63, 3.8) is 0 Å². The lowest BCUT2D eigenvalue weighted by atomic mass is 10.1. The van der Waals surface area contributed by atoms with Gasteiger partial charge in [0.25, 0.3) is 5.91 Å². The van der Waals surface area contributed by atoms with E-state index < -0.39 is 0 Å². The minimum atomic E-state index is 0.0748. The molecule has 20 heavy (non-hydrogen) atoms. The molecule has 3 nitrogen and oxygen atoms in total. The second-order valence-corrected chi connectivity index (χ2v) is 5.40. The summed E-state index contributed by atoms with van der Waals surface area (Å²) < 4.78 is 0. The molecule has 2 aromatic rings. The van der Waals surface area contributed by atoms with Crippen molar-refractivity contribution < 1.29 is 4.79 Å². The van der Waals surface area contributed by atoms with Gasteiger partial charge in [0.2, 0.25) is 0 Å². The number of pyridine rings is 1. The zero-order chi connectivity index (χ0) is 13.9. The van der Waals surface area contributed by atoms with Gasteiger partial charge in [-0.25, -0.2) is 0 Å². The fourth-order valence-electron chi connectivity index (χ4n) is 2.46. The SMILES string of the molecule is O=C(c1cncc(-c2ccc(Cl)cc2)c1)N1CCCC1. The topological polar surface area (TPSA) is 33.2 Å². The molecule has 1 aliphatic rings. The molecule has 102 valence electrons. The van der Waals surface area contributed by atoms with Gasteiger partial charge in [-0.3, -0.25) is 9.78 Å². The minimum Gasteiger partial charge on any atom is -0.339 e. The van der Waals surface area contributed by atoms with Crippen LogP contribution in [0.3, 0.4) is 0 Å². The molecule has 1 aliphatic heterocycles. The van der Waals surface area contributed by atoms with Crippen molar-refractivity contribution in [2.75, 3.05) is 13.1 Å². The van der Waals surface area contributed by atoms with Crippen molar-refractivity contribution in [3.8, 4) is 11.1 Å². The highest BCUT2D eigenvalue weighted by Gasteiger charge is 2.19. The molecule has 1 amide bonds. The van der Waals surface area contributed by atoms with E-state index in [0.29, 0.717) is 10.6 Å². The van der Waals surface area contributed by atoms with Crippen molar-refractivity contribution in [1.82, 2.24) is 9.88 Å². The van der Waals surface area contributed by atoms with E-state index in [1.807, 2.05) is 35.2 Å². The van der Waals surface area contributed by atoms with E-state index in [-0.39, 0.29) is 5.91 Å². The van der Waals surface area contributed by atoms with Crippen LogP contribution in [0.4, 0.5) is 0 Å². The molecule has 0 saturated carbocycles. The maximum atomic E-state index is 12.3. The van der Waals surface area contributed by atoms with E-state index in [1.54, 1.807) is 12.4 Å². The van der Waals surface area contributed by atoms with E-state index in [2.05, 4.69) is 4.98 Å². The number of amides is 1. The van der Waals surface area contributed by atoms with Gasteiger partial charge in [0.05, 0.1) is 5.56 Å². The molecule has 0 atom stereocenters. The van der Waals surface area contributed by atoms with Crippen molar-refractivity contribution in [2.45, 2.75) is 12.8 Å². The van der Waals surface area contributed by atoms with E-state index in [0.717, 1.165) is 37.1 Å². The summed E-state index contributed by atoms with van der Waals surface area (Å²) in [4.78, 5) is 18.4. The van der Waals surface area contributed by atoms with Gasteiger partial charge in [-0.1, -0.05) is 23.7 Å². The average Bonchev–Trinajstić information content (AvgIpc) is 3.01. The Hall–Kier alpha value is -1.87. The first-order valence-corrected chi connectivity index (χ1v) is 7.12. The van der Waals surface area contributed by atoms with Crippen LogP contribution in [0.5, 0.6) is 0 Å². The lowest BCUT2D eigenvalue weighted by Gasteiger charge is -2.15. The molecular formula is C16H15ClN2O. The van der Waals surface area contributed by atoms with Crippen molar-refractivity contribution >= 4 is 17.5 Å². The maximum absolute atomic E-state index is 12.3. The minimum absolute atomic E-state index is 0.0748. The number of hydrogen-bond acceptors (Lipinski definition) is 2. The maximum Gasteiger partial charge on any atom is 0.255 e. The predicted octanol–water partition coefficient (Wildman–Crippen LogP) is 3.64. The molecule has 1 aromatic heterocycles. The van der Waals surface area contributed by atoms with Crippen LogP contribution in [-0.4, -0.2) is 28.9 Å². The number of nitrogens with zero attached hydrogens (tertiary/aromatic N) is 2. The van der Waals surface area contributed by atoms with Crippen LogP contribution >= 0.6 is 11.6 Å². The Balaban J connectivity index is 1.89. The molecule has 0 radical (unpaired) electrons. The number of rotatable bonds is 2. The molecule has 1 saturated heterocycles. The van der Waals surface area contributed by atoms with Crippen LogP contribution in [0, 0.1) is 0 Å². The van der Waals surface area contributed by atoms with Gasteiger partial charge in [-0.05, 0) is 36.6 Å². The van der Waals surface area contributed by atoms with Gasteiger partial charge < -0.3 is 4.90 Å². The highest BCUT2D eigenvalue weighted by molar-refractivity contribution is 6.30. The second-order valence-electron chi connectivity index (χ2n) is 4.97. The summed E-state index contributed by atoms with van der Waals surface area (Å²) in [6, 6.07) is 9.45. The number of hydrogen-bond donors (Lipinski definition) is 0. The van der Waals surface area contributed by atoms with Gasteiger partial charge in [-0.2, -0.15) is 0 Å². The van der Waals surface area contributed by atoms with Crippen LogP contribution in [0.15, 0.2) is 42.7 Å². The summed E-state index contributed by atoms with van der Waals surface area (Å²) in [5, 5.41) is 0.700. The monoisotopic (exact) mass is 286 g/mol. The average molecular weight is 287 g/mol. The Morgan fingerprint density at radius 1 is 1.05 bits per heavy atom. The molecule has 2 heterocycles. The third-order valence-electron chi connectivity index (χ3n) is 3.56. The quantitative estimate of drug-likeness (QED) is 0.844. The molecule has 0 aliphatic carbocycles. The van der Waals surface area contributed by atoms with E-state index in [4.69, 9.17) is 11.6 Å². The van der Waals surface area contributed by atoms with Gasteiger partial charge >= 0.3 is 0 Å². The summed E-state index contributed by atoms with van der Waals surface area (Å²) in [5.41, 5.74) is 2.60. The zero-order valence-electron chi connectivity index (χ0n) is 11.1. The number of benzene rings is 1. The third kappa shape index (κ3) is 2.68. The second kappa shape index (κ2) is 5.63. The summed E-state index contributed by atoms with van der Waals surface area (Å²) >= 11 is 5.89. The summed E-state index contributed by atoms with van der Waals surface area (Å²) in [7, 11) is 0. The Labute approximate surface area is 123 Å². The Kier molecular flexibility index (Phi) is 3.70. The van der Waals surface area contributed by atoms with Gasteiger partial charge in [-0.15, -0.1) is 0 Å². The first-order valence-electron chi connectivity index (χ1n) is 6.74. The molecule has 0 N–H and O–H groups in total. The Bertz CT molecular complexity index is 619. The van der Waals surface area contributed by atoms with E-state index >= 15 is 0 Å². The smallest absolute Gasteiger partial charge is 0.255 e. The molecule has 1 fully saturated rings. The van der Waals surface area contributed by atoms with Crippen molar-refractivity contribution in [2.24, 2.45) is 0 Å². The zero-order valence-corrected chi connectivity index (χ0v) is 11.8. The van der Waals surface area contributed by atoms with Crippen molar-refractivity contribution in [1.29, 1.82) is 0 Å². The Morgan fingerprint density at radius 2 is 1.75 bits per heavy atom. The third-order valence-corrected chi connectivity index (χ3v) is 3.81. The van der Waals surface area contributed by atoms with Crippen LogP contribution < -0.4 is 0 Å². The largest absolute Gasteiger partial charge is 0.339 e. The van der Waals surface area contributed by atoms with Crippen LogP contribution in [-0.2, 0) is 0 Å². The standard InChI is InChI=1S/C16H15ClN2O/c17-15-5-3-12(4-6-15)13-9-14(11-18-10-13)16(20)19-7-1-2-8-19/h3-6,9-11H,1-2,7-8H2. The lowest BCUT2D eigenvalue weighted by molar-refractivity contribution is 0.0792. The molecule has 0 spiro atoms. The molecule has 0 unspecified atom stereocenters. The molecule has 1 aromatic carbocycles. The number of halogens is 1. The number of carbonyl (C=O) groups excluding carboxylic acids is 1. The van der Waals surface area contributed by atoms with Gasteiger partial charge in [0.1, 0.15) is 0 Å². The van der Waals surface area contributed by atoms with Crippen LogP contribution in [0.25, 0.3) is 11.1 Å². The first kappa shape index (κ1) is 13.1. The highest BCUT2D eigenvalue weighted by Crippen LogP contribution is 2.22. The molecule has 0 bridgehead atoms. The number of likely N-dealkylation sites (tertiary alicyclic amines) is 1. The fourth-order valence-corrected chi connectivity index (χ4v) is 2.59. The molecule has 4 heteroatoms. The normalized spacial score (nSPS) is 14.6. The molecule has 3 rings (SSSR count). The van der Waals surface area contributed by atoms with Gasteiger partial charge in [0.15, 0.2) is 0 Å². The summed E-state index contributed by atoms with van der Waals surface area (Å²) in [5.74, 6) is 0.0748. The lowest BCUT2D eigenvalue weighted by Crippen LogP contribution is -2.27.